The molecule has 2 atom stereocenters. The predicted molar refractivity (Wildman–Crippen MR) is 59.2 cm³/mol. The van der Waals surface area contributed by atoms with E-state index in [1.54, 1.807) is 6.07 Å². The third-order valence-corrected chi connectivity index (χ3v) is 3.23. The summed E-state index contributed by atoms with van der Waals surface area (Å²) in [6.45, 7) is 3.95. The molecule has 1 heterocycles. The van der Waals surface area contributed by atoms with Crippen LogP contribution in [0, 0.1) is 5.82 Å². The zero-order valence-corrected chi connectivity index (χ0v) is 9.20. The van der Waals surface area contributed by atoms with Gasteiger partial charge in [-0.2, -0.15) is 0 Å². The van der Waals surface area contributed by atoms with Crippen molar-refractivity contribution in [3.05, 3.63) is 35.6 Å². The number of halogens is 1. The molecule has 0 spiro atoms. The molecule has 15 heavy (non-hydrogen) atoms. The van der Waals surface area contributed by atoms with Crippen LogP contribution in [0.5, 0.6) is 0 Å². The highest BCUT2D eigenvalue weighted by atomic mass is 19.1. The molecule has 0 aliphatic carbocycles. The molecule has 1 N–H and O–H groups in total. The molecule has 0 saturated carbocycles. The maximum absolute atomic E-state index is 13.6. The van der Waals surface area contributed by atoms with Gasteiger partial charge in [-0.1, -0.05) is 18.2 Å². The van der Waals surface area contributed by atoms with Gasteiger partial charge in [-0.3, -0.25) is 4.90 Å². The molecule has 2 rings (SSSR count). The summed E-state index contributed by atoms with van der Waals surface area (Å²) in [7, 11) is 2.06. The van der Waals surface area contributed by atoms with Gasteiger partial charge in [0.1, 0.15) is 5.82 Å². The van der Waals surface area contributed by atoms with Crippen molar-refractivity contribution < 1.29 is 4.39 Å². The molecule has 2 nitrogen and oxygen atoms in total. The van der Waals surface area contributed by atoms with E-state index in [-0.39, 0.29) is 11.9 Å². The molecule has 3 heteroatoms. The fraction of sp³-hybridized carbons (Fsp3) is 0.500. The van der Waals surface area contributed by atoms with Crippen LogP contribution in [0.2, 0.25) is 0 Å². The van der Waals surface area contributed by atoms with E-state index in [0.717, 1.165) is 18.7 Å². The Morgan fingerprint density at radius 2 is 2.07 bits per heavy atom. The molecule has 1 aromatic carbocycles. The van der Waals surface area contributed by atoms with Crippen LogP contribution in [-0.4, -0.2) is 31.1 Å². The number of hydrogen-bond acceptors (Lipinski definition) is 2. The lowest BCUT2D eigenvalue weighted by Crippen LogP contribution is -2.49. The average Bonchev–Trinajstić information content (AvgIpc) is 2.23. The van der Waals surface area contributed by atoms with Crippen LogP contribution in [0.4, 0.5) is 4.39 Å². The van der Waals surface area contributed by atoms with Crippen molar-refractivity contribution in [1.29, 1.82) is 0 Å². The minimum Gasteiger partial charge on any atom is -0.313 e. The summed E-state index contributed by atoms with van der Waals surface area (Å²) in [6.07, 6.45) is 0. The lowest BCUT2D eigenvalue weighted by molar-refractivity contribution is 0.138. The normalized spacial score (nSPS) is 27.9. The highest BCUT2D eigenvalue weighted by Crippen LogP contribution is 2.25. The van der Waals surface area contributed by atoms with Gasteiger partial charge >= 0.3 is 0 Å². The van der Waals surface area contributed by atoms with Crippen molar-refractivity contribution in [2.75, 3.05) is 20.1 Å². The maximum atomic E-state index is 13.6. The SMILES string of the molecule is CC1CNCC(c2ccccc2F)N1C. The smallest absolute Gasteiger partial charge is 0.128 e. The van der Waals surface area contributed by atoms with Gasteiger partial charge in [-0.15, -0.1) is 0 Å². The number of piperazine rings is 1. The van der Waals surface area contributed by atoms with Crippen LogP contribution in [0.3, 0.4) is 0 Å². The quantitative estimate of drug-likeness (QED) is 0.757. The largest absolute Gasteiger partial charge is 0.313 e. The Kier molecular flexibility index (Phi) is 3.03. The minimum atomic E-state index is -0.106. The number of nitrogens with one attached hydrogen (secondary N) is 1. The molecular formula is C12H17FN2. The zero-order chi connectivity index (χ0) is 10.8. The van der Waals surface area contributed by atoms with Crippen molar-refractivity contribution in [2.24, 2.45) is 0 Å². The van der Waals surface area contributed by atoms with Crippen molar-refractivity contribution in [3.8, 4) is 0 Å². The Hall–Kier alpha value is -0.930. The first-order chi connectivity index (χ1) is 7.20. The van der Waals surface area contributed by atoms with Gasteiger partial charge in [0.05, 0.1) is 6.04 Å². The van der Waals surface area contributed by atoms with Crippen molar-refractivity contribution >= 4 is 0 Å². The number of rotatable bonds is 1. The Labute approximate surface area is 90.1 Å². The standard InChI is InChI=1S/C12H17FN2/c1-9-7-14-8-12(15(9)2)10-5-3-4-6-11(10)13/h3-6,9,12,14H,7-8H2,1-2H3. The van der Waals surface area contributed by atoms with Crippen LogP contribution in [0.15, 0.2) is 24.3 Å². The third kappa shape index (κ3) is 2.03. The van der Waals surface area contributed by atoms with Gasteiger partial charge < -0.3 is 5.32 Å². The highest BCUT2D eigenvalue weighted by Gasteiger charge is 2.27. The van der Waals surface area contributed by atoms with Gasteiger partial charge in [0, 0.05) is 24.7 Å². The van der Waals surface area contributed by atoms with E-state index < -0.39 is 0 Å². The average molecular weight is 208 g/mol. The molecule has 1 fully saturated rings. The summed E-state index contributed by atoms with van der Waals surface area (Å²) in [4.78, 5) is 2.23. The zero-order valence-electron chi connectivity index (χ0n) is 9.20. The van der Waals surface area contributed by atoms with Gasteiger partial charge in [-0.25, -0.2) is 4.39 Å². The molecule has 0 amide bonds. The molecule has 1 saturated heterocycles. The van der Waals surface area contributed by atoms with Gasteiger partial charge in [0.2, 0.25) is 0 Å². The molecule has 1 aliphatic rings. The van der Waals surface area contributed by atoms with E-state index in [4.69, 9.17) is 0 Å². The molecular weight excluding hydrogens is 191 g/mol. The summed E-state index contributed by atoms with van der Waals surface area (Å²) < 4.78 is 13.6. The second-order valence-electron chi connectivity index (χ2n) is 4.21. The number of likely N-dealkylation sites (N-methyl/N-ethyl adjacent to an activating group) is 1. The Bertz CT molecular complexity index is 340. The summed E-state index contributed by atoms with van der Waals surface area (Å²) in [5, 5.41) is 3.33. The number of benzene rings is 1. The summed E-state index contributed by atoms with van der Waals surface area (Å²) in [5.41, 5.74) is 0.791. The number of nitrogens with zero attached hydrogens (tertiary/aromatic N) is 1. The van der Waals surface area contributed by atoms with Crippen LogP contribution < -0.4 is 5.32 Å². The molecule has 1 aromatic rings. The van der Waals surface area contributed by atoms with Crippen molar-refractivity contribution in [3.63, 3.8) is 0 Å². The van der Waals surface area contributed by atoms with Gasteiger partial charge in [-0.05, 0) is 20.0 Å². The lowest BCUT2D eigenvalue weighted by atomic mass is 10.0. The molecule has 0 bridgehead atoms. The monoisotopic (exact) mass is 208 g/mol. The third-order valence-electron chi connectivity index (χ3n) is 3.23. The molecule has 0 aromatic heterocycles. The van der Waals surface area contributed by atoms with Crippen LogP contribution >= 0.6 is 0 Å². The second-order valence-corrected chi connectivity index (χ2v) is 4.21. The Morgan fingerprint density at radius 1 is 1.33 bits per heavy atom. The first-order valence-corrected chi connectivity index (χ1v) is 5.37. The molecule has 2 unspecified atom stereocenters. The first kappa shape index (κ1) is 10.6. The molecule has 82 valence electrons. The van der Waals surface area contributed by atoms with Crippen LogP contribution in [-0.2, 0) is 0 Å². The Morgan fingerprint density at radius 3 is 2.80 bits per heavy atom. The number of hydrogen-bond donors (Lipinski definition) is 1. The van der Waals surface area contributed by atoms with Gasteiger partial charge in [0.15, 0.2) is 0 Å². The molecule has 0 radical (unpaired) electrons. The van der Waals surface area contributed by atoms with Crippen LogP contribution in [0.1, 0.15) is 18.5 Å². The fourth-order valence-electron chi connectivity index (χ4n) is 2.10. The minimum absolute atomic E-state index is 0.106. The summed E-state index contributed by atoms with van der Waals surface area (Å²) >= 11 is 0. The lowest BCUT2D eigenvalue weighted by Gasteiger charge is -2.38. The van der Waals surface area contributed by atoms with E-state index in [9.17, 15) is 4.39 Å². The van der Waals surface area contributed by atoms with E-state index >= 15 is 0 Å². The first-order valence-electron chi connectivity index (χ1n) is 5.37. The van der Waals surface area contributed by atoms with E-state index in [1.807, 2.05) is 12.1 Å². The summed E-state index contributed by atoms with van der Waals surface area (Å²) in [5.74, 6) is -0.106. The van der Waals surface area contributed by atoms with E-state index in [1.165, 1.54) is 6.07 Å². The maximum Gasteiger partial charge on any atom is 0.128 e. The van der Waals surface area contributed by atoms with E-state index in [0.29, 0.717) is 6.04 Å². The van der Waals surface area contributed by atoms with Crippen molar-refractivity contribution in [2.45, 2.75) is 19.0 Å². The summed E-state index contributed by atoms with van der Waals surface area (Å²) in [6, 6.07) is 7.63. The van der Waals surface area contributed by atoms with Gasteiger partial charge in [0.25, 0.3) is 0 Å². The molecule has 1 aliphatic heterocycles. The topological polar surface area (TPSA) is 15.3 Å². The van der Waals surface area contributed by atoms with Crippen molar-refractivity contribution in [1.82, 2.24) is 10.2 Å². The fourth-order valence-corrected chi connectivity index (χ4v) is 2.10. The predicted octanol–water partition coefficient (Wildman–Crippen LogP) is 1.79. The van der Waals surface area contributed by atoms with E-state index in [2.05, 4.69) is 24.2 Å². The highest BCUT2D eigenvalue weighted by molar-refractivity contribution is 5.22. The Balaban J connectivity index is 2.26. The van der Waals surface area contributed by atoms with Crippen LogP contribution in [0.25, 0.3) is 0 Å². The second kappa shape index (κ2) is 4.29.